The molecule has 0 saturated carbocycles. The first-order valence-corrected chi connectivity index (χ1v) is 6.45. The fourth-order valence-corrected chi connectivity index (χ4v) is 2.28. The predicted molar refractivity (Wildman–Crippen MR) is 74.7 cm³/mol. The number of morpholine rings is 1. The van der Waals surface area contributed by atoms with Crippen molar-refractivity contribution in [2.75, 3.05) is 26.3 Å². The lowest BCUT2D eigenvalue weighted by Crippen LogP contribution is -2.39. The van der Waals surface area contributed by atoms with Crippen molar-refractivity contribution in [3.8, 4) is 0 Å². The molecule has 1 N–H and O–H groups in total. The summed E-state index contributed by atoms with van der Waals surface area (Å²) in [6, 6.07) is 8.06. The molecule has 1 saturated heterocycles. The number of aromatic nitrogens is 1. The van der Waals surface area contributed by atoms with E-state index in [0.29, 0.717) is 26.3 Å². The van der Waals surface area contributed by atoms with Gasteiger partial charge in [0.05, 0.1) is 13.2 Å². The van der Waals surface area contributed by atoms with Crippen LogP contribution in [0.1, 0.15) is 5.56 Å². The molecule has 0 atom stereocenters. The molecule has 3 rings (SSSR count). The smallest absolute Gasteiger partial charge is 0.246 e. The first-order chi connectivity index (χ1) is 9.34. The fourth-order valence-electron chi connectivity index (χ4n) is 2.28. The van der Waals surface area contributed by atoms with Gasteiger partial charge in [0, 0.05) is 36.3 Å². The minimum Gasteiger partial charge on any atom is -0.378 e. The molecule has 0 spiro atoms. The van der Waals surface area contributed by atoms with Crippen LogP contribution in [0.5, 0.6) is 0 Å². The Kier molecular flexibility index (Phi) is 3.33. The molecule has 4 nitrogen and oxygen atoms in total. The van der Waals surface area contributed by atoms with Gasteiger partial charge in [-0.25, -0.2) is 0 Å². The molecule has 1 aliphatic rings. The highest BCUT2D eigenvalue weighted by Crippen LogP contribution is 2.18. The number of benzene rings is 1. The Bertz CT molecular complexity index is 609. The summed E-state index contributed by atoms with van der Waals surface area (Å²) in [6.07, 6.45) is 5.44. The first kappa shape index (κ1) is 12.0. The summed E-state index contributed by atoms with van der Waals surface area (Å²) in [5.41, 5.74) is 2.12. The van der Waals surface area contributed by atoms with Gasteiger partial charge in [0.2, 0.25) is 5.91 Å². The largest absolute Gasteiger partial charge is 0.378 e. The molecular weight excluding hydrogens is 240 g/mol. The molecule has 1 amide bonds. The maximum atomic E-state index is 12.0. The predicted octanol–water partition coefficient (Wildman–Crippen LogP) is 2.04. The third-order valence-corrected chi connectivity index (χ3v) is 3.35. The van der Waals surface area contributed by atoms with E-state index < -0.39 is 0 Å². The van der Waals surface area contributed by atoms with Crippen LogP contribution in [0, 0.1) is 0 Å². The fraction of sp³-hybridized carbons (Fsp3) is 0.267. The molecule has 1 aromatic carbocycles. The number of rotatable bonds is 2. The summed E-state index contributed by atoms with van der Waals surface area (Å²) in [5.74, 6) is 0.0496. The van der Waals surface area contributed by atoms with Crippen molar-refractivity contribution in [3.63, 3.8) is 0 Å². The van der Waals surface area contributed by atoms with E-state index >= 15 is 0 Å². The summed E-state index contributed by atoms with van der Waals surface area (Å²) in [6.45, 7) is 2.62. The Morgan fingerprint density at radius 2 is 2.05 bits per heavy atom. The van der Waals surface area contributed by atoms with Crippen molar-refractivity contribution in [1.29, 1.82) is 0 Å². The quantitative estimate of drug-likeness (QED) is 0.836. The standard InChI is InChI=1S/C15H16N2O2/c18-15(17-7-9-19-10-8-17)6-5-12-11-16-14-4-2-1-3-13(12)14/h1-6,11,16H,7-10H2/b6-5-. The molecule has 0 unspecified atom stereocenters. The number of nitrogens with one attached hydrogen (secondary N) is 1. The number of para-hydroxylation sites is 1. The lowest BCUT2D eigenvalue weighted by atomic mass is 10.1. The Morgan fingerprint density at radius 3 is 2.89 bits per heavy atom. The van der Waals surface area contributed by atoms with E-state index in [1.54, 1.807) is 6.08 Å². The van der Waals surface area contributed by atoms with Gasteiger partial charge in [0.1, 0.15) is 0 Å². The van der Waals surface area contributed by atoms with E-state index in [4.69, 9.17) is 4.74 Å². The van der Waals surface area contributed by atoms with Crippen LogP contribution in [0.2, 0.25) is 0 Å². The Morgan fingerprint density at radius 1 is 1.26 bits per heavy atom. The summed E-state index contributed by atoms with van der Waals surface area (Å²) in [5, 5.41) is 1.13. The third-order valence-electron chi connectivity index (χ3n) is 3.35. The molecule has 98 valence electrons. The number of ether oxygens (including phenoxy) is 1. The maximum Gasteiger partial charge on any atom is 0.246 e. The van der Waals surface area contributed by atoms with Gasteiger partial charge in [-0.1, -0.05) is 18.2 Å². The molecule has 2 aromatic rings. The first-order valence-electron chi connectivity index (χ1n) is 6.45. The Labute approximate surface area is 111 Å². The minimum absolute atomic E-state index is 0.0496. The number of H-pyrrole nitrogens is 1. The van der Waals surface area contributed by atoms with E-state index in [9.17, 15) is 4.79 Å². The summed E-state index contributed by atoms with van der Waals surface area (Å²) in [7, 11) is 0. The van der Waals surface area contributed by atoms with E-state index in [1.165, 1.54) is 0 Å². The van der Waals surface area contributed by atoms with Gasteiger partial charge in [-0.3, -0.25) is 4.79 Å². The number of nitrogens with zero attached hydrogens (tertiary/aromatic N) is 1. The summed E-state index contributed by atoms with van der Waals surface area (Å²) in [4.78, 5) is 17.0. The van der Waals surface area contributed by atoms with Gasteiger partial charge in [-0.2, -0.15) is 0 Å². The average Bonchev–Trinajstić information content (AvgIpc) is 2.89. The number of hydrogen-bond acceptors (Lipinski definition) is 2. The molecule has 0 bridgehead atoms. The van der Waals surface area contributed by atoms with Crippen LogP contribution in [-0.4, -0.2) is 42.1 Å². The van der Waals surface area contributed by atoms with Gasteiger partial charge < -0.3 is 14.6 Å². The molecule has 19 heavy (non-hydrogen) atoms. The van der Waals surface area contributed by atoms with Gasteiger partial charge in [0.15, 0.2) is 0 Å². The van der Waals surface area contributed by atoms with Crippen LogP contribution in [0.4, 0.5) is 0 Å². The zero-order valence-electron chi connectivity index (χ0n) is 10.6. The number of amides is 1. The molecule has 2 heterocycles. The Balaban J connectivity index is 1.76. The minimum atomic E-state index is 0.0496. The molecule has 0 aliphatic carbocycles. The van der Waals surface area contributed by atoms with Gasteiger partial charge in [0.25, 0.3) is 0 Å². The molecular formula is C15H16N2O2. The lowest BCUT2D eigenvalue weighted by Gasteiger charge is -2.25. The van der Waals surface area contributed by atoms with Crippen molar-refractivity contribution >= 4 is 22.9 Å². The lowest BCUT2D eigenvalue weighted by molar-refractivity contribution is -0.129. The molecule has 1 aromatic heterocycles. The molecule has 4 heteroatoms. The van der Waals surface area contributed by atoms with E-state index in [0.717, 1.165) is 16.5 Å². The van der Waals surface area contributed by atoms with Crippen molar-refractivity contribution in [3.05, 3.63) is 42.1 Å². The van der Waals surface area contributed by atoms with Crippen LogP contribution in [-0.2, 0) is 9.53 Å². The number of fused-ring (bicyclic) bond motifs is 1. The zero-order valence-corrected chi connectivity index (χ0v) is 10.6. The normalized spacial score (nSPS) is 16.3. The highest BCUT2D eigenvalue weighted by Gasteiger charge is 2.14. The SMILES string of the molecule is O=C(/C=C\c1c[nH]c2ccccc12)N1CCOCC1. The number of hydrogen-bond donors (Lipinski definition) is 1. The van der Waals surface area contributed by atoms with Crippen molar-refractivity contribution < 1.29 is 9.53 Å². The van der Waals surface area contributed by atoms with Crippen molar-refractivity contribution in [2.24, 2.45) is 0 Å². The second kappa shape index (κ2) is 5.28. The maximum absolute atomic E-state index is 12.0. The van der Waals surface area contributed by atoms with E-state index in [-0.39, 0.29) is 5.91 Å². The highest BCUT2D eigenvalue weighted by molar-refractivity contribution is 5.96. The molecule has 0 radical (unpaired) electrons. The zero-order chi connectivity index (χ0) is 13.1. The molecule has 1 fully saturated rings. The van der Waals surface area contributed by atoms with Crippen molar-refractivity contribution in [2.45, 2.75) is 0 Å². The highest BCUT2D eigenvalue weighted by atomic mass is 16.5. The van der Waals surface area contributed by atoms with Gasteiger partial charge >= 0.3 is 0 Å². The summed E-state index contributed by atoms with van der Waals surface area (Å²) < 4.78 is 5.23. The summed E-state index contributed by atoms with van der Waals surface area (Å²) >= 11 is 0. The third kappa shape index (κ3) is 2.53. The Hall–Kier alpha value is -2.07. The van der Waals surface area contributed by atoms with Gasteiger partial charge in [-0.05, 0) is 17.7 Å². The van der Waals surface area contributed by atoms with Crippen LogP contribution in [0.3, 0.4) is 0 Å². The van der Waals surface area contributed by atoms with Crippen LogP contribution in [0.15, 0.2) is 36.5 Å². The van der Waals surface area contributed by atoms with Gasteiger partial charge in [-0.15, -0.1) is 0 Å². The second-order valence-electron chi connectivity index (χ2n) is 4.56. The topological polar surface area (TPSA) is 45.3 Å². The average molecular weight is 256 g/mol. The monoisotopic (exact) mass is 256 g/mol. The van der Waals surface area contributed by atoms with E-state index in [1.807, 2.05) is 41.4 Å². The van der Waals surface area contributed by atoms with Crippen molar-refractivity contribution in [1.82, 2.24) is 9.88 Å². The molecule has 1 aliphatic heterocycles. The van der Waals surface area contributed by atoms with Crippen LogP contribution < -0.4 is 0 Å². The number of carbonyl (C=O) groups excluding carboxylic acids is 1. The number of carbonyl (C=O) groups is 1. The second-order valence-corrected chi connectivity index (χ2v) is 4.56. The van der Waals surface area contributed by atoms with E-state index in [2.05, 4.69) is 4.98 Å². The van der Waals surface area contributed by atoms with Crippen LogP contribution in [0.25, 0.3) is 17.0 Å². The number of aromatic amines is 1. The van der Waals surface area contributed by atoms with Crippen LogP contribution >= 0.6 is 0 Å².